The molecule has 0 spiro atoms. The largest absolute Gasteiger partial charge is 0.495 e. The highest BCUT2D eigenvalue weighted by atomic mass is 35.5. The third-order valence-electron chi connectivity index (χ3n) is 4.00. The quantitative estimate of drug-likeness (QED) is 0.850. The molecule has 6 nitrogen and oxygen atoms in total. The number of carboxylic acids is 1. The fraction of sp³-hybridized carbons (Fsp3) is 0.222. The third-order valence-corrected chi connectivity index (χ3v) is 4.41. The lowest BCUT2D eigenvalue weighted by molar-refractivity contribution is -0.146. The maximum Gasteiger partial charge on any atom is 0.306 e. The average Bonchev–Trinajstić information content (AvgIpc) is 2.72. The minimum absolute atomic E-state index is 0.235. The number of aliphatic carboxylic acids is 1. The molecule has 2 aromatic carbocycles. The van der Waals surface area contributed by atoms with Crippen molar-refractivity contribution < 1.29 is 28.6 Å². The molecule has 0 aromatic heterocycles. The van der Waals surface area contributed by atoms with Crippen LogP contribution in [0.25, 0.3) is 0 Å². The summed E-state index contributed by atoms with van der Waals surface area (Å²) in [7, 11) is 1.45. The first-order valence-electron chi connectivity index (χ1n) is 7.70. The number of rotatable bonds is 4. The summed E-state index contributed by atoms with van der Waals surface area (Å²) in [6, 6.07) is 8.79. The number of amides is 1. The smallest absolute Gasteiger partial charge is 0.306 e. The summed E-state index contributed by atoms with van der Waals surface area (Å²) in [5.41, 5.74) is 1.10. The monoisotopic (exact) mass is 379 g/mol. The van der Waals surface area contributed by atoms with Crippen molar-refractivity contribution in [1.29, 1.82) is 0 Å². The molecule has 0 bridgehead atoms. The van der Waals surface area contributed by atoms with E-state index >= 15 is 0 Å². The van der Waals surface area contributed by atoms with Crippen molar-refractivity contribution in [1.82, 2.24) is 0 Å². The van der Waals surface area contributed by atoms with Crippen molar-refractivity contribution in [3.63, 3.8) is 0 Å². The van der Waals surface area contributed by atoms with Gasteiger partial charge in [0.25, 0.3) is 5.91 Å². The van der Waals surface area contributed by atoms with Gasteiger partial charge in [-0.25, -0.2) is 4.39 Å². The van der Waals surface area contributed by atoms with Crippen molar-refractivity contribution in [3.05, 3.63) is 58.4 Å². The van der Waals surface area contributed by atoms with Crippen LogP contribution in [0.3, 0.4) is 0 Å². The minimum Gasteiger partial charge on any atom is -0.495 e. The van der Waals surface area contributed by atoms with Gasteiger partial charge in [0.05, 0.1) is 18.6 Å². The molecular weight excluding hydrogens is 365 g/mol. The van der Waals surface area contributed by atoms with Gasteiger partial charge >= 0.3 is 5.97 Å². The Hall–Kier alpha value is -2.64. The van der Waals surface area contributed by atoms with Crippen molar-refractivity contribution in [3.8, 4) is 5.75 Å². The number of anilines is 1. The van der Waals surface area contributed by atoms with E-state index in [9.17, 15) is 14.0 Å². The Bertz CT molecular complexity index is 873. The molecular formula is C18H15ClFNO5. The van der Waals surface area contributed by atoms with Crippen molar-refractivity contribution >= 4 is 29.2 Å². The topological polar surface area (TPSA) is 84.9 Å². The second kappa shape index (κ2) is 7.31. The van der Waals surface area contributed by atoms with Crippen molar-refractivity contribution in [2.75, 3.05) is 12.4 Å². The molecule has 3 rings (SSSR count). The van der Waals surface area contributed by atoms with Gasteiger partial charge in [0.2, 0.25) is 0 Å². The van der Waals surface area contributed by atoms with Gasteiger partial charge in [-0.05, 0) is 24.3 Å². The molecule has 0 saturated carbocycles. The van der Waals surface area contributed by atoms with Gasteiger partial charge < -0.3 is 19.9 Å². The number of methoxy groups -OCH3 is 1. The summed E-state index contributed by atoms with van der Waals surface area (Å²) >= 11 is 6.37. The molecule has 2 unspecified atom stereocenters. The van der Waals surface area contributed by atoms with Crippen LogP contribution in [-0.2, 0) is 14.3 Å². The zero-order valence-corrected chi connectivity index (χ0v) is 14.4. The van der Waals surface area contributed by atoms with E-state index in [0.717, 1.165) is 0 Å². The Morgan fingerprint density at radius 3 is 2.81 bits per heavy atom. The molecule has 1 aliphatic heterocycles. The summed E-state index contributed by atoms with van der Waals surface area (Å²) < 4.78 is 24.8. The number of carbonyl (C=O) groups is 2. The van der Waals surface area contributed by atoms with Crippen LogP contribution in [0.4, 0.5) is 10.1 Å². The number of fused-ring (bicyclic) bond motifs is 1. The Morgan fingerprint density at radius 2 is 2.12 bits per heavy atom. The number of benzene rings is 2. The van der Waals surface area contributed by atoms with Crippen LogP contribution in [-0.4, -0.2) is 30.2 Å². The molecule has 0 radical (unpaired) electrons. The van der Waals surface area contributed by atoms with E-state index in [0.29, 0.717) is 22.6 Å². The average molecular weight is 380 g/mol. The van der Waals surface area contributed by atoms with Gasteiger partial charge in [-0.2, -0.15) is 0 Å². The lowest BCUT2D eigenvalue weighted by atomic mass is 9.99. The Labute approximate surface area is 153 Å². The number of nitrogens with one attached hydrogen (secondary N) is 1. The van der Waals surface area contributed by atoms with Gasteiger partial charge in [0, 0.05) is 16.8 Å². The van der Waals surface area contributed by atoms with Gasteiger partial charge in [-0.3, -0.25) is 9.59 Å². The van der Waals surface area contributed by atoms with Crippen LogP contribution in [0.15, 0.2) is 36.4 Å². The van der Waals surface area contributed by atoms with Crippen LogP contribution in [0.1, 0.15) is 23.7 Å². The molecule has 0 saturated heterocycles. The van der Waals surface area contributed by atoms with E-state index in [1.54, 1.807) is 18.2 Å². The second-order valence-electron chi connectivity index (χ2n) is 5.69. The first-order valence-corrected chi connectivity index (χ1v) is 8.08. The predicted molar refractivity (Wildman–Crippen MR) is 92.0 cm³/mol. The zero-order valence-electron chi connectivity index (χ0n) is 13.7. The molecule has 2 aromatic rings. The molecule has 8 heteroatoms. The molecule has 1 aliphatic rings. The van der Waals surface area contributed by atoms with Crippen molar-refractivity contribution in [2.24, 2.45) is 0 Å². The summed E-state index contributed by atoms with van der Waals surface area (Å²) in [5, 5.41) is 11.9. The van der Waals surface area contributed by atoms with Crippen LogP contribution in [0.5, 0.6) is 5.75 Å². The molecule has 2 atom stereocenters. The second-order valence-corrected chi connectivity index (χ2v) is 6.06. The fourth-order valence-corrected chi connectivity index (χ4v) is 3.11. The van der Waals surface area contributed by atoms with Gasteiger partial charge in [0.15, 0.2) is 0 Å². The van der Waals surface area contributed by atoms with E-state index in [4.69, 9.17) is 26.2 Å². The number of ether oxygens (including phenoxy) is 2. The number of carboxylic acid groups (broad SMARTS) is 1. The van der Waals surface area contributed by atoms with Crippen LogP contribution >= 0.6 is 11.6 Å². The van der Waals surface area contributed by atoms with Gasteiger partial charge in [-0.1, -0.05) is 23.7 Å². The number of carbonyl (C=O) groups excluding carboxylic acids is 1. The van der Waals surface area contributed by atoms with Crippen LogP contribution in [0.2, 0.25) is 5.02 Å². The van der Waals surface area contributed by atoms with E-state index in [1.165, 1.54) is 25.3 Å². The number of hydrogen-bond donors (Lipinski definition) is 2. The molecule has 2 N–H and O–H groups in total. The van der Waals surface area contributed by atoms with Crippen LogP contribution < -0.4 is 10.1 Å². The van der Waals surface area contributed by atoms with Crippen molar-refractivity contribution in [2.45, 2.75) is 18.6 Å². The highest BCUT2D eigenvalue weighted by Crippen LogP contribution is 2.41. The molecule has 1 heterocycles. The molecule has 0 fully saturated rings. The lowest BCUT2D eigenvalue weighted by Crippen LogP contribution is -2.31. The standard InChI is InChI=1S/C18H15ClFNO5/c1-25-13-4-2-3-10(16(13)19)17-11-7-9(20)5-6-12(11)21-18(24)14(26-17)8-15(22)23/h2-7,14,17H,8H2,1H3,(H,21,24)(H,22,23). The predicted octanol–water partition coefficient (Wildman–Crippen LogP) is 3.39. The van der Waals surface area contributed by atoms with E-state index in [-0.39, 0.29) is 5.02 Å². The lowest BCUT2D eigenvalue weighted by Gasteiger charge is -2.22. The maximum atomic E-state index is 13.8. The Morgan fingerprint density at radius 1 is 1.35 bits per heavy atom. The summed E-state index contributed by atoms with van der Waals surface area (Å²) in [5.74, 6) is -1.97. The Kier molecular flexibility index (Phi) is 5.11. The molecule has 1 amide bonds. The molecule has 0 aliphatic carbocycles. The molecule has 136 valence electrons. The minimum atomic E-state index is -1.27. The Balaban J connectivity index is 2.15. The summed E-state index contributed by atoms with van der Waals surface area (Å²) in [6.45, 7) is 0. The first-order chi connectivity index (χ1) is 12.4. The van der Waals surface area contributed by atoms with Crippen LogP contribution in [0, 0.1) is 5.82 Å². The summed E-state index contributed by atoms with van der Waals surface area (Å²) in [6.07, 6.45) is -2.76. The first kappa shape index (κ1) is 18.2. The summed E-state index contributed by atoms with van der Waals surface area (Å²) in [4.78, 5) is 23.4. The molecule has 26 heavy (non-hydrogen) atoms. The maximum absolute atomic E-state index is 13.8. The third kappa shape index (κ3) is 3.49. The normalized spacial score (nSPS) is 19.3. The van der Waals surface area contributed by atoms with E-state index < -0.39 is 36.3 Å². The van der Waals surface area contributed by atoms with Gasteiger partial charge in [-0.15, -0.1) is 0 Å². The highest BCUT2D eigenvalue weighted by molar-refractivity contribution is 6.33. The van der Waals surface area contributed by atoms with Gasteiger partial charge in [0.1, 0.15) is 23.8 Å². The number of hydrogen-bond acceptors (Lipinski definition) is 4. The van der Waals surface area contributed by atoms with E-state index in [1.807, 2.05) is 0 Å². The fourth-order valence-electron chi connectivity index (χ4n) is 2.81. The zero-order chi connectivity index (χ0) is 18.8. The number of halogens is 2. The highest BCUT2D eigenvalue weighted by Gasteiger charge is 2.34. The SMILES string of the molecule is COc1cccc(C2OC(CC(=O)O)C(=O)Nc3ccc(F)cc32)c1Cl. The van der Waals surface area contributed by atoms with E-state index in [2.05, 4.69) is 5.32 Å².